The van der Waals surface area contributed by atoms with Gasteiger partial charge in [0.15, 0.2) is 0 Å². The maximum atomic E-state index is 13.2. The Kier molecular flexibility index (Phi) is 5.57. The van der Waals surface area contributed by atoms with Crippen LogP contribution in [-0.4, -0.2) is 36.0 Å². The van der Waals surface area contributed by atoms with Gasteiger partial charge in [-0.1, -0.05) is 25.1 Å². The van der Waals surface area contributed by atoms with Crippen LogP contribution in [-0.2, 0) is 11.0 Å². The van der Waals surface area contributed by atoms with Crippen molar-refractivity contribution in [2.45, 2.75) is 57.7 Å². The Bertz CT molecular complexity index is 686. The third-order valence-electron chi connectivity index (χ3n) is 6.00. The van der Waals surface area contributed by atoms with Gasteiger partial charge >= 0.3 is 6.18 Å². The molecular formula is C21H29F3N2O. The molecule has 150 valence electrons. The molecule has 3 nitrogen and oxygen atoms in total. The van der Waals surface area contributed by atoms with Crippen LogP contribution >= 0.6 is 0 Å². The van der Waals surface area contributed by atoms with E-state index in [4.69, 9.17) is 0 Å². The molecule has 0 spiro atoms. The summed E-state index contributed by atoms with van der Waals surface area (Å²) in [5.41, 5.74) is -0.527. The van der Waals surface area contributed by atoms with E-state index in [9.17, 15) is 18.0 Å². The van der Waals surface area contributed by atoms with E-state index in [0.717, 1.165) is 25.6 Å². The van der Waals surface area contributed by atoms with Crippen molar-refractivity contribution in [3.8, 4) is 0 Å². The number of nitrogens with zero attached hydrogens (tertiary/aromatic N) is 1. The Morgan fingerprint density at radius 2 is 1.96 bits per heavy atom. The lowest BCUT2D eigenvalue weighted by atomic mass is 9.93. The summed E-state index contributed by atoms with van der Waals surface area (Å²) in [4.78, 5) is 14.9. The Morgan fingerprint density at radius 3 is 2.63 bits per heavy atom. The number of piperidine rings is 1. The highest BCUT2D eigenvalue weighted by Crippen LogP contribution is 2.51. The molecule has 1 saturated heterocycles. The molecule has 1 aromatic rings. The number of rotatable bonds is 5. The average molecular weight is 382 g/mol. The molecule has 6 heteroatoms. The lowest BCUT2D eigenvalue weighted by molar-refractivity contribution is -0.138. The molecule has 0 radical (unpaired) electrons. The van der Waals surface area contributed by atoms with Gasteiger partial charge in [-0.2, -0.15) is 13.2 Å². The van der Waals surface area contributed by atoms with Crippen LogP contribution in [0.25, 0.3) is 0 Å². The van der Waals surface area contributed by atoms with Crippen molar-refractivity contribution in [2.24, 2.45) is 11.8 Å². The molecule has 1 amide bonds. The summed E-state index contributed by atoms with van der Waals surface area (Å²) in [7, 11) is 0. The predicted octanol–water partition coefficient (Wildman–Crippen LogP) is 4.44. The number of carbonyl (C=O) groups is 1. The van der Waals surface area contributed by atoms with Crippen LogP contribution in [0.3, 0.4) is 0 Å². The fourth-order valence-electron chi connectivity index (χ4n) is 4.19. The number of nitrogens with one attached hydrogen (secondary N) is 1. The van der Waals surface area contributed by atoms with Gasteiger partial charge < -0.3 is 5.32 Å². The topological polar surface area (TPSA) is 32.3 Å². The van der Waals surface area contributed by atoms with Crippen molar-refractivity contribution in [1.82, 2.24) is 10.2 Å². The zero-order chi connectivity index (χ0) is 19.8. The molecule has 27 heavy (non-hydrogen) atoms. The first-order valence-corrected chi connectivity index (χ1v) is 9.78. The first kappa shape index (κ1) is 20.2. The Hall–Kier alpha value is -1.56. The van der Waals surface area contributed by atoms with Crippen molar-refractivity contribution >= 4 is 5.91 Å². The van der Waals surface area contributed by atoms with Crippen LogP contribution in [0.5, 0.6) is 0 Å². The third kappa shape index (κ3) is 4.65. The van der Waals surface area contributed by atoms with E-state index in [2.05, 4.69) is 31.0 Å². The second-order valence-electron chi connectivity index (χ2n) is 8.76. The molecule has 3 unspecified atom stereocenters. The summed E-state index contributed by atoms with van der Waals surface area (Å²) in [6.07, 6.45) is -1.49. The van der Waals surface area contributed by atoms with Crippen molar-refractivity contribution in [1.29, 1.82) is 0 Å². The maximum absolute atomic E-state index is 13.2. The van der Waals surface area contributed by atoms with Crippen molar-refractivity contribution in [3.63, 3.8) is 0 Å². The molecular weight excluding hydrogens is 353 g/mol. The van der Waals surface area contributed by atoms with Gasteiger partial charge in [-0.3, -0.25) is 9.69 Å². The molecule has 2 fully saturated rings. The smallest absolute Gasteiger partial charge is 0.354 e. The summed E-state index contributed by atoms with van der Waals surface area (Å²) < 4.78 is 39.6. The van der Waals surface area contributed by atoms with E-state index in [1.54, 1.807) is 6.07 Å². The van der Waals surface area contributed by atoms with E-state index in [-0.39, 0.29) is 28.8 Å². The summed E-state index contributed by atoms with van der Waals surface area (Å²) in [6.45, 7) is 9.05. The van der Waals surface area contributed by atoms with Crippen molar-refractivity contribution in [2.75, 3.05) is 19.6 Å². The standard InChI is InChI=1S/C21H29F3N2O/c1-14-7-6-10-26(12-14)20(2,3)13-25-19(27)17-11-16(17)15-8-4-5-9-18(15)21(22,23)24/h4-5,8-9,14,16-17H,6-7,10-13H2,1-3H3,(H,25,27). The SMILES string of the molecule is CC1CCCN(C(C)(C)CNC(=O)C2CC2c2ccccc2C(F)(F)F)C1. The summed E-state index contributed by atoms with van der Waals surface area (Å²) in [5, 5.41) is 2.99. The predicted molar refractivity (Wildman–Crippen MR) is 99.4 cm³/mol. The van der Waals surface area contributed by atoms with Crippen LogP contribution in [0.4, 0.5) is 13.2 Å². The lowest BCUT2D eigenvalue weighted by Gasteiger charge is -2.43. The second-order valence-corrected chi connectivity index (χ2v) is 8.76. The Morgan fingerprint density at radius 1 is 1.26 bits per heavy atom. The van der Waals surface area contributed by atoms with Gasteiger partial charge in [0.05, 0.1) is 5.56 Å². The molecule has 1 heterocycles. The van der Waals surface area contributed by atoms with Gasteiger partial charge in [-0.15, -0.1) is 0 Å². The van der Waals surface area contributed by atoms with Crippen LogP contribution in [0.15, 0.2) is 24.3 Å². The quantitative estimate of drug-likeness (QED) is 0.817. The lowest BCUT2D eigenvalue weighted by Crippen LogP contribution is -2.54. The minimum absolute atomic E-state index is 0.130. The number of hydrogen-bond donors (Lipinski definition) is 1. The van der Waals surface area contributed by atoms with E-state index >= 15 is 0 Å². The summed E-state index contributed by atoms with van der Waals surface area (Å²) >= 11 is 0. The van der Waals surface area contributed by atoms with E-state index in [1.807, 2.05) is 0 Å². The van der Waals surface area contributed by atoms with Gasteiger partial charge in [-0.25, -0.2) is 0 Å². The Labute approximate surface area is 159 Å². The largest absolute Gasteiger partial charge is 0.416 e. The number of amides is 1. The molecule has 1 aliphatic carbocycles. The van der Waals surface area contributed by atoms with Gasteiger partial charge in [0.1, 0.15) is 0 Å². The highest BCUT2D eigenvalue weighted by atomic mass is 19.4. The van der Waals surface area contributed by atoms with E-state index < -0.39 is 11.7 Å². The molecule has 1 aromatic carbocycles. The Balaban J connectivity index is 1.58. The number of alkyl halides is 3. The average Bonchev–Trinajstić information content (AvgIpc) is 3.40. The minimum Gasteiger partial charge on any atom is -0.354 e. The van der Waals surface area contributed by atoms with Crippen LogP contribution in [0.2, 0.25) is 0 Å². The van der Waals surface area contributed by atoms with Crippen LogP contribution < -0.4 is 5.32 Å². The molecule has 2 aliphatic rings. The maximum Gasteiger partial charge on any atom is 0.416 e. The van der Waals surface area contributed by atoms with Gasteiger partial charge in [-0.05, 0) is 63.1 Å². The molecule has 1 aliphatic heterocycles. The number of hydrogen-bond acceptors (Lipinski definition) is 2. The zero-order valence-corrected chi connectivity index (χ0v) is 16.3. The number of likely N-dealkylation sites (tertiary alicyclic amines) is 1. The minimum atomic E-state index is -4.38. The summed E-state index contributed by atoms with van der Waals surface area (Å²) in [6, 6.07) is 5.60. The van der Waals surface area contributed by atoms with Gasteiger partial charge in [0, 0.05) is 24.5 Å². The van der Waals surface area contributed by atoms with Crippen molar-refractivity contribution < 1.29 is 18.0 Å². The molecule has 0 aromatic heterocycles. The van der Waals surface area contributed by atoms with Gasteiger partial charge in [0.25, 0.3) is 0 Å². The van der Waals surface area contributed by atoms with Crippen LogP contribution in [0, 0.1) is 11.8 Å². The third-order valence-corrected chi connectivity index (χ3v) is 6.00. The number of halogens is 3. The molecule has 0 bridgehead atoms. The molecule has 3 atom stereocenters. The normalized spacial score (nSPS) is 26.7. The van der Waals surface area contributed by atoms with Gasteiger partial charge in [0.2, 0.25) is 5.91 Å². The van der Waals surface area contributed by atoms with E-state index in [0.29, 0.717) is 18.9 Å². The highest BCUT2D eigenvalue weighted by molar-refractivity contribution is 5.83. The molecule has 1 N–H and O–H groups in total. The number of carbonyl (C=O) groups excluding carboxylic acids is 1. The zero-order valence-electron chi connectivity index (χ0n) is 16.3. The molecule has 1 saturated carbocycles. The first-order chi connectivity index (χ1) is 12.6. The highest BCUT2D eigenvalue weighted by Gasteiger charge is 2.48. The fourth-order valence-corrected chi connectivity index (χ4v) is 4.19. The fraction of sp³-hybridized carbons (Fsp3) is 0.667. The second kappa shape index (κ2) is 7.46. The summed E-state index contributed by atoms with van der Waals surface area (Å²) in [5.74, 6) is -0.166. The molecule has 3 rings (SSSR count). The van der Waals surface area contributed by atoms with Crippen LogP contribution in [0.1, 0.15) is 57.1 Å². The number of benzene rings is 1. The van der Waals surface area contributed by atoms with E-state index in [1.165, 1.54) is 18.6 Å². The first-order valence-electron chi connectivity index (χ1n) is 9.78. The van der Waals surface area contributed by atoms with Crippen molar-refractivity contribution in [3.05, 3.63) is 35.4 Å². The monoisotopic (exact) mass is 382 g/mol.